The summed E-state index contributed by atoms with van der Waals surface area (Å²) in [7, 11) is 1.57. The zero-order chi connectivity index (χ0) is 12.8. The van der Waals surface area contributed by atoms with Crippen LogP contribution in [-0.4, -0.2) is 84.6 Å². The van der Waals surface area contributed by atoms with Crippen LogP contribution < -0.4 is 0 Å². The average Bonchev–Trinajstić information content (AvgIpc) is 2.29. The molecule has 0 radical (unpaired) electrons. The van der Waals surface area contributed by atoms with E-state index in [2.05, 4.69) is 4.90 Å². The third-order valence-corrected chi connectivity index (χ3v) is 3.14. The fourth-order valence-electron chi connectivity index (χ4n) is 2.03. The number of carboxylic acids is 1. The molecule has 1 aliphatic heterocycles. The third-order valence-electron chi connectivity index (χ3n) is 3.14. The highest BCUT2D eigenvalue weighted by molar-refractivity contribution is 5.72. The minimum Gasteiger partial charge on any atom is -0.480 e. The van der Waals surface area contributed by atoms with Crippen LogP contribution in [-0.2, 0) is 9.53 Å². The van der Waals surface area contributed by atoms with E-state index in [0.29, 0.717) is 13.2 Å². The van der Waals surface area contributed by atoms with E-state index in [0.717, 1.165) is 26.2 Å². The second-order valence-electron chi connectivity index (χ2n) is 4.46. The average molecular weight is 246 g/mol. The zero-order valence-electron chi connectivity index (χ0n) is 10.5. The first-order valence-electron chi connectivity index (χ1n) is 5.90. The molecule has 17 heavy (non-hydrogen) atoms. The Bertz CT molecular complexity index is 242. The van der Waals surface area contributed by atoms with Gasteiger partial charge in [-0.2, -0.15) is 0 Å². The summed E-state index contributed by atoms with van der Waals surface area (Å²) in [4.78, 5) is 14.9. The molecule has 6 nitrogen and oxygen atoms in total. The van der Waals surface area contributed by atoms with E-state index in [9.17, 15) is 9.90 Å². The smallest absolute Gasteiger partial charge is 0.320 e. The number of carbonyl (C=O) groups is 1. The lowest BCUT2D eigenvalue weighted by Crippen LogP contribution is -2.53. The minimum absolute atomic E-state index is 0.339. The maximum absolute atomic E-state index is 10.8. The number of piperazine rings is 1. The number of aliphatic carboxylic acids is 1. The number of β-amino-alcohol motifs (C(OH)–C–C–N with tert-alkyl or cyclic N) is 1. The van der Waals surface area contributed by atoms with E-state index < -0.39 is 18.1 Å². The van der Waals surface area contributed by atoms with Gasteiger partial charge in [-0.15, -0.1) is 0 Å². The van der Waals surface area contributed by atoms with Gasteiger partial charge in [0.1, 0.15) is 6.04 Å². The largest absolute Gasteiger partial charge is 0.480 e. The highest BCUT2D eigenvalue weighted by Gasteiger charge is 2.25. The number of hydrogen-bond donors (Lipinski definition) is 2. The molecule has 2 unspecified atom stereocenters. The molecule has 0 aliphatic carbocycles. The molecule has 0 aromatic heterocycles. The molecule has 100 valence electrons. The predicted molar refractivity (Wildman–Crippen MR) is 63.0 cm³/mol. The van der Waals surface area contributed by atoms with Gasteiger partial charge in [0.15, 0.2) is 0 Å². The molecule has 1 aliphatic rings. The molecule has 1 heterocycles. The monoisotopic (exact) mass is 246 g/mol. The Balaban J connectivity index is 2.28. The molecule has 1 fully saturated rings. The van der Waals surface area contributed by atoms with Crippen molar-refractivity contribution in [3.63, 3.8) is 0 Å². The molecule has 0 aromatic rings. The van der Waals surface area contributed by atoms with E-state index in [1.54, 1.807) is 14.0 Å². The molecule has 0 amide bonds. The Morgan fingerprint density at radius 3 is 2.41 bits per heavy atom. The van der Waals surface area contributed by atoms with Crippen molar-refractivity contribution in [1.82, 2.24) is 9.80 Å². The first-order valence-corrected chi connectivity index (χ1v) is 5.90. The van der Waals surface area contributed by atoms with Crippen molar-refractivity contribution in [2.75, 3.05) is 46.4 Å². The highest BCUT2D eigenvalue weighted by Crippen LogP contribution is 2.07. The first kappa shape index (κ1) is 14.4. The SMILES string of the molecule is COCC(O)CN1CCN(C(C)C(=O)O)CC1. The van der Waals surface area contributed by atoms with Gasteiger partial charge in [-0.25, -0.2) is 0 Å². The topological polar surface area (TPSA) is 73.2 Å². The Labute approximate surface area is 102 Å². The number of rotatable bonds is 6. The third kappa shape index (κ3) is 4.59. The summed E-state index contributed by atoms with van der Waals surface area (Å²) in [5, 5.41) is 18.5. The summed E-state index contributed by atoms with van der Waals surface area (Å²) in [5.74, 6) is -0.780. The zero-order valence-corrected chi connectivity index (χ0v) is 10.5. The molecule has 1 saturated heterocycles. The Kier molecular flexibility index (Phi) is 5.84. The lowest BCUT2D eigenvalue weighted by atomic mass is 10.2. The molecular formula is C11H22N2O4. The number of aliphatic hydroxyl groups excluding tert-OH is 1. The van der Waals surface area contributed by atoms with Crippen LogP contribution in [0.4, 0.5) is 0 Å². The van der Waals surface area contributed by atoms with Gasteiger partial charge in [0, 0.05) is 39.8 Å². The summed E-state index contributed by atoms with van der Waals surface area (Å²) in [6.45, 7) is 5.67. The van der Waals surface area contributed by atoms with Crippen LogP contribution in [0.1, 0.15) is 6.92 Å². The van der Waals surface area contributed by atoms with E-state index in [-0.39, 0.29) is 0 Å². The molecule has 2 N–H and O–H groups in total. The van der Waals surface area contributed by atoms with Crippen molar-refractivity contribution >= 4 is 5.97 Å². The van der Waals surface area contributed by atoms with E-state index in [1.807, 2.05) is 4.90 Å². The lowest BCUT2D eigenvalue weighted by molar-refractivity contribution is -0.143. The van der Waals surface area contributed by atoms with Crippen molar-refractivity contribution < 1.29 is 19.7 Å². The van der Waals surface area contributed by atoms with Gasteiger partial charge < -0.3 is 14.9 Å². The number of ether oxygens (including phenoxy) is 1. The van der Waals surface area contributed by atoms with Crippen LogP contribution in [0, 0.1) is 0 Å². The van der Waals surface area contributed by atoms with Crippen LogP contribution in [0.15, 0.2) is 0 Å². The molecular weight excluding hydrogens is 224 g/mol. The van der Waals surface area contributed by atoms with Crippen LogP contribution in [0.2, 0.25) is 0 Å². The fraction of sp³-hybridized carbons (Fsp3) is 0.909. The van der Waals surface area contributed by atoms with E-state index in [4.69, 9.17) is 9.84 Å². The standard InChI is InChI=1S/C11H22N2O4/c1-9(11(15)16)13-5-3-12(4-6-13)7-10(14)8-17-2/h9-10,14H,3-8H2,1-2H3,(H,15,16). The summed E-state index contributed by atoms with van der Waals surface area (Å²) in [6.07, 6.45) is -0.469. The van der Waals surface area contributed by atoms with Gasteiger partial charge in [-0.1, -0.05) is 0 Å². The van der Waals surface area contributed by atoms with Gasteiger partial charge in [-0.3, -0.25) is 14.6 Å². The van der Waals surface area contributed by atoms with Gasteiger partial charge >= 0.3 is 5.97 Å². The lowest BCUT2D eigenvalue weighted by Gasteiger charge is -2.37. The first-order chi connectivity index (χ1) is 8.04. The second kappa shape index (κ2) is 6.90. The number of carboxylic acid groups (broad SMARTS) is 1. The molecule has 1 rings (SSSR count). The Morgan fingerprint density at radius 1 is 1.35 bits per heavy atom. The summed E-state index contributed by atoms with van der Waals surface area (Å²) in [5.41, 5.74) is 0. The van der Waals surface area contributed by atoms with E-state index >= 15 is 0 Å². The van der Waals surface area contributed by atoms with Crippen LogP contribution in [0.3, 0.4) is 0 Å². The van der Waals surface area contributed by atoms with Crippen LogP contribution >= 0.6 is 0 Å². The minimum atomic E-state index is -0.780. The van der Waals surface area contributed by atoms with Crippen molar-refractivity contribution in [3.05, 3.63) is 0 Å². The number of hydrogen-bond acceptors (Lipinski definition) is 5. The summed E-state index contributed by atoms with van der Waals surface area (Å²) >= 11 is 0. The van der Waals surface area contributed by atoms with Gasteiger partial charge in [0.25, 0.3) is 0 Å². The van der Waals surface area contributed by atoms with Gasteiger partial charge in [0.05, 0.1) is 12.7 Å². The van der Waals surface area contributed by atoms with Crippen molar-refractivity contribution in [2.45, 2.75) is 19.1 Å². The number of methoxy groups -OCH3 is 1. The molecule has 0 aromatic carbocycles. The molecule has 2 atom stereocenters. The predicted octanol–water partition coefficient (Wildman–Crippen LogP) is -0.916. The van der Waals surface area contributed by atoms with Crippen LogP contribution in [0.25, 0.3) is 0 Å². The van der Waals surface area contributed by atoms with Crippen molar-refractivity contribution in [1.29, 1.82) is 0 Å². The maximum atomic E-state index is 10.8. The summed E-state index contributed by atoms with van der Waals surface area (Å²) < 4.78 is 4.87. The van der Waals surface area contributed by atoms with Crippen molar-refractivity contribution in [2.24, 2.45) is 0 Å². The van der Waals surface area contributed by atoms with Gasteiger partial charge in [0.2, 0.25) is 0 Å². The fourth-order valence-corrected chi connectivity index (χ4v) is 2.03. The normalized spacial score (nSPS) is 22.3. The molecule has 0 bridgehead atoms. The molecule has 6 heteroatoms. The number of nitrogens with zero attached hydrogens (tertiary/aromatic N) is 2. The number of aliphatic hydroxyl groups is 1. The van der Waals surface area contributed by atoms with E-state index in [1.165, 1.54) is 0 Å². The van der Waals surface area contributed by atoms with Crippen molar-refractivity contribution in [3.8, 4) is 0 Å². The molecule has 0 saturated carbocycles. The Morgan fingerprint density at radius 2 is 1.94 bits per heavy atom. The Hall–Kier alpha value is -0.690. The summed E-state index contributed by atoms with van der Waals surface area (Å²) in [6, 6.07) is -0.430. The maximum Gasteiger partial charge on any atom is 0.320 e. The second-order valence-corrected chi connectivity index (χ2v) is 4.46. The van der Waals surface area contributed by atoms with Crippen LogP contribution in [0.5, 0.6) is 0 Å². The van der Waals surface area contributed by atoms with Gasteiger partial charge in [-0.05, 0) is 6.92 Å². The molecule has 0 spiro atoms. The quantitative estimate of drug-likeness (QED) is 0.632. The highest BCUT2D eigenvalue weighted by atomic mass is 16.5.